The number of nitrogens with zero attached hydrogens (tertiary/aromatic N) is 1. The Morgan fingerprint density at radius 3 is 2.75 bits per heavy atom. The molecule has 0 amide bonds. The predicted octanol–water partition coefficient (Wildman–Crippen LogP) is 2.76. The molecule has 1 aromatic rings. The zero-order valence-corrected chi connectivity index (χ0v) is 10.7. The van der Waals surface area contributed by atoms with Crippen LogP contribution < -0.4 is 0 Å². The zero-order chi connectivity index (χ0) is 12.0. The van der Waals surface area contributed by atoms with Crippen molar-refractivity contribution in [2.24, 2.45) is 5.92 Å². The van der Waals surface area contributed by atoms with Gasteiger partial charge in [-0.2, -0.15) is 11.8 Å². The number of methoxy groups -OCH3 is 1. The molecule has 0 aliphatic rings. The van der Waals surface area contributed by atoms with Gasteiger partial charge in [-0.3, -0.25) is 4.98 Å². The normalized spacial score (nSPS) is 10.5. The van der Waals surface area contributed by atoms with E-state index in [0.717, 1.165) is 17.2 Å². The van der Waals surface area contributed by atoms with Crippen molar-refractivity contribution >= 4 is 17.7 Å². The Morgan fingerprint density at radius 2 is 2.25 bits per heavy atom. The molecular formula is C12H17NO2S. The van der Waals surface area contributed by atoms with Gasteiger partial charge < -0.3 is 4.74 Å². The number of hydrogen-bond acceptors (Lipinski definition) is 4. The van der Waals surface area contributed by atoms with Crippen LogP contribution in [0.15, 0.2) is 18.3 Å². The molecule has 0 bridgehead atoms. The Labute approximate surface area is 101 Å². The lowest BCUT2D eigenvalue weighted by Crippen LogP contribution is -2.02. The van der Waals surface area contributed by atoms with E-state index in [-0.39, 0.29) is 5.97 Å². The van der Waals surface area contributed by atoms with E-state index < -0.39 is 0 Å². The van der Waals surface area contributed by atoms with E-state index in [0.29, 0.717) is 11.5 Å². The van der Waals surface area contributed by atoms with E-state index in [1.807, 2.05) is 17.8 Å². The van der Waals surface area contributed by atoms with Crippen LogP contribution in [-0.4, -0.2) is 23.8 Å². The molecule has 0 radical (unpaired) electrons. The van der Waals surface area contributed by atoms with Gasteiger partial charge in [-0.05, 0) is 23.8 Å². The lowest BCUT2D eigenvalue weighted by molar-refractivity contribution is 0.0600. The molecule has 4 heteroatoms. The molecule has 0 unspecified atom stereocenters. The first-order valence-electron chi connectivity index (χ1n) is 5.24. The molecule has 0 aliphatic heterocycles. The molecule has 0 saturated heterocycles. The third kappa shape index (κ3) is 4.23. The van der Waals surface area contributed by atoms with Crippen molar-refractivity contribution < 1.29 is 9.53 Å². The van der Waals surface area contributed by atoms with Crippen molar-refractivity contribution in [2.45, 2.75) is 19.6 Å². The average molecular weight is 239 g/mol. The van der Waals surface area contributed by atoms with E-state index in [1.165, 1.54) is 7.11 Å². The molecule has 0 N–H and O–H groups in total. The number of rotatable bonds is 5. The fraction of sp³-hybridized carbons (Fsp3) is 0.500. The van der Waals surface area contributed by atoms with Gasteiger partial charge in [0.1, 0.15) is 0 Å². The van der Waals surface area contributed by atoms with Crippen molar-refractivity contribution in [3.05, 3.63) is 29.6 Å². The second-order valence-corrected chi connectivity index (χ2v) is 4.97. The number of ether oxygens (including phenoxy) is 1. The number of carbonyl (C=O) groups excluding carboxylic acids is 1. The second kappa shape index (κ2) is 6.53. The third-order valence-corrected chi connectivity index (χ3v) is 3.35. The maximum absolute atomic E-state index is 11.2. The Morgan fingerprint density at radius 1 is 1.50 bits per heavy atom. The molecule has 1 aromatic heterocycles. The fourth-order valence-electron chi connectivity index (χ4n) is 1.15. The minimum atomic E-state index is -0.339. The Bertz CT molecular complexity index is 335. The SMILES string of the molecule is COC(=O)c1ccc(CSCC(C)C)nc1. The van der Waals surface area contributed by atoms with Gasteiger partial charge in [-0.15, -0.1) is 0 Å². The molecule has 0 fully saturated rings. The number of thioether (sulfide) groups is 1. The molecule has 1 rings (SSSR count). The quantitative estimate of drug-likeness (QED) is 0.741. The molecular weight excluding hydrogens is 222 g/mol. The van der Waals surface area contributed by atoms with Crippen LogP contribution in [0.5, 0.6) is 0 Å². The first kappa shape index (κ1) is 13.0. The smallest absolute Gasteiger partial charge is 0.339 e. The van der Waals surface area contributed by atoms with Crippen molar-refractivity contribution in [3.63, 3.8) is 0 Å². The number of esters is 1. The summed E-state index contributed by atoms with van der Waals surface area (Å²) in [6.07, 6.45) is 1.57. The summed E-state index contributed by atoms with van der Waals surface area (Å²) in [5.41, 5.74) is 1.50. The monoisotopic (exact) mass is 239 g/mol. The molecule has 0 spiro atoms. The van der Waals surface area contributed by atoms with Crippen LogP contribution in [-0.2, 0) is 10.5 Å². The van der Waals surface area contributed by atoms with E-state index in [9.17, 15) is 4.79 Å². The van der Waals surface area contributed by atoms with E-state index in [2.05, 4.69) is 23.6 Å². The minimum Gasteiger partial charge on any atom is -0.465 e. The van der Waals surface area contributed by atoms with E-state index in [1.54, 1.807) is 12.3 Å². The average Bonchev–Trinajstić information content (AvgIpc) is 2.28. The van der Waals surface area contributed by atoms with Crippen molar-refractivity contribution in [2.75, 3.05) is 12.9 Å². The molecule has 0 aliphatic carbocycles. The van der Waals surface area contributed by atoms with Crippen LogP contribution in [0.25, 0.3) is 0 Å². The summed E-state index contributed by atoms with van der Waals surface area (Å²) < 4.78 is 4.60. The summed E-state index contributed by atoms with van der Waals surface area (Å²) in [6.45, 7) is 4.39. The first-order valence-corrected chi connectivity index (χ1v) is 6.40. The number of carbonyl (C=O) groups is 1. The summed E-state index contributed by atoms with van der Waals surface area (Å²) in [4.78, 5) is 15.4. The Kier molecular flexibility index (Phi) is 5.32. The summed E-state index contributed by atoms with van der Waals surface area (Å²) in [5.74, 6) is 2.37. The molecule has 88 valence electrons. The second-order valence-electron chi connectivity index (χ2n) is 3.94. The van der Waals surface area contributed by atoms with Gasteiger partial charge in [-0.1, -0.05) is 13.8 Å². The molecule has 0 atom stereocenters. The van der Waals surface area contributed by atoms with Crippen molar-refractivity contribution in [1.29, 1.82) is 0 Å². The maximum atomic E-state index is 11.2. The lowest BCUT2D eigenvalue weighted by atomic mass is 10.2. The molecule has 0 aromatic carbocycles. The fourth-order valence-corrected chi connectivity index (χ4v) is 2.12. The number of aromatic nitrogens is 1. The topological polar surface area (TPSA) is 39.2 Å². The lowest BCUT2D eigenvalue weighted by Gasteiger charge is -2.04. The summed E-state index contributed by atoms with van der Waals surface area (Å²) in [6, 6.07) is 3.63. The van der Waals surface area contributed by atoms with Crippen molar-refractivity contribution in [1.82, 2.24) is 4.98 Å². The van der Waals surface area contributed by atoms with Gasteiger partial charge >= 0.3 is 5.97 Å². The zero-order valence-electron chi connectivity index (χ0n) is 9.90. The highest BCUT2D eigenvalue weighted by Crippen LogP contribution is 2.14. The van der Waals surface area contributed by atoms with E-state index >= 15 is 0 Å². The maximum Gasteiger partial charge on any atom is 0.339 e. The van der Waals surface area contributed by atoms with Crippen LogP contribution in [0.3, 0.4) is 0 Å². The molecule has 1 heterocycles. The Hall–Kier alpha value is -1.03. The van der Waals surface area contributed by atoms with Gasteiger partial charge in [0.05, 0.1) is 18.4 Å². The van der Waals surface area contributed by atoms with Gasteiger partial charge in [0.2, 0.25) is 0 Å². The highest BCUT2D eigenvalue weighted by atomic mass is 32.2. The third-order valence-electron chi connectivity index (χ3n) is 1.95. The molecule has 16 heavy (non-hydrogen) atoms. The molecule has 3 nitrogen and oxygen atoms in total. The van der Waals surface area contributed by atoms with Gasteiger partial charge in [0.25, 0.3) is 0 Å². The van der Waals surface area contributed by atoms with Crippen molar-refractivity contribution in [3.8, 4) is 0 Å². The predicted molar refractivity (Wildman–Crippen MR) is 66.6 cm³/mol. The summed E-state index contributed by atoms with van der Waals surface area (Å²) in [7, 11) is 1.37. The van der Waals surface area contributed by atoms with Gasteiger partial charge in [-0.25, -0.2) is 4.79 Å². The summed E-state index contributed by atoms with van der Waals surface area (Å²) >= 11 is 1.86. The van der Waals surface area contributed by atoms with Crippen LogP contribution in [0, 0.1) is 5.92 Å². The van der Waals surface area contributed by atoms with Gasteiger partial charge in [0, 0.05) is 11.9 Å². The Balaban J connectivity index is 2.48. The van der Waals surface area contributed by atoms with Crippen LogP contribution in [0.2, 0.25) is 0 Å². The largest absolute Gasteiger partial charge is 0.465 e. The van der Waals surface area contributed by atoms with Crippen LogP contribution in [0.4, 0.5) is 0 Å². The van der Waals surface area contributed by atoms with Gasteiger partial charge in [0.15, 0.2) is 0 Å². The van der Waals surface area contributed by atoms with E-state index in [4.69, 9.17) is 0 Å². The minimum absolute atomic E-state index is 0.339. The number of hydrogen-bond donors (Lipinski definition) is 0. The highest BCUT2D eigenvalue weighted by molar-refractivity contribution is 7.98. The summed E-state index contributed by atoms with van der Waals surface area (Å²) in [5, 5.41) is 0. The van der Waals surface area contributed by atoms with Crippen LogP contribution >= 0.6 is 11.8 Å². The highest BCUT2D eigenvalue weighted by Gasteiger charge is 2.05. The number of pyridine rings is 1. The first-order chi connectivity index (χ1) is 7.63. The van der Waals surface area contributed by atoms with Crippen LogP contribution in [0.1, 0.15) is 29.9 Å². The molecule has 0 saturated carbocycles. The standard InChI is InChI=1S/C12H17NO2S/c1-9(2)7-16-8-11-5-4-10(6-13-11)12(14)15-3/h4-6,9H,7-8H2,1-3H3.